The molecule has 8 heteroatoms. The van der Waals surface area contributed by atoms with Gasteiger partial charge in [-0.3, -0.25) is 4.79 Å². The Balaban J connectivity index is 1.65. The van der Waals surface area contributed by atoms with Crippen LogP contribution in [0, 0.1) is 11.8 Å². The van der Waals surface area contributed by atoms with Crippen LogP contribution >= 0.6 is 11.6 Å². The molecular weight excluding hydrogens is 458 g/mol. The predicted molar refractivity (Wildman–Crippen MR) is 132 cm³/mol. The highest BCUT2D eigenvalue weighted by Gasteiger charge is 2.34. The van der Waals surface area contributed by atoms with E-state index in [1.807, 2.05) is 0 Å². The number of halogens is 1. The molecular formula is C25H34ClN3O3S. The van der Waals surface area contributed by atoms with Gasteiger partial charge in [-0.15, -0.1) is 0 Å². The minimum absolute atomic E-state index is 0.00754. The molecule has 2 aromatic rings. The van der Waals surface area contributed by atoms with Crippen LogP contribution in [0.2, 0.25) is 5.15 Å². The largest absolute Gasteiger partial charge is 0.349 e. The lowest BCUT2D eigenvalue weighted by molar-refractivity contribution is -0.127. The Bertz CT molecular complexity index is 1070. The molecule has 180 valence electrons. The third-order valence-electron chi connectivity index (χ3n) is 6.27. The van der Waals surface area contributed by atoms with E-state index in [4.69, 9.17) is 11.6 Å². The van der Waals surface area contributed by atoms with Gasteiger partial charge in [0.15, 0.2) is 0 Å². The SMILES string of the molecule is CC(C)[C@@H](NC(=O)C1CCN(S(=O)(=O)c2cccnc2Cl)CC1)c1ccc(C(C)(C)C)cc1. The molecule has 1 atom stereocenters. The van der Waals surface area contributed by atoms with Crippen LogP contribution in [0.1, 0.15) is 64.6 Å². The Morgan fingerprint density at radius 3 is 2.24 bits per heavy atom. The maximum absolute atomic E-state index is 13.1. The normalized spacial score (nSPS) is 17.2. The summed E-state index contributed by atoms with van der Waals surface area (Å²) in [5.74, 6) is -0.0244. The Labute approximate surface area is 202 Å². The number of amides is 1. The molecule has 2 heterocycles. The van der Waals surface area contributed by atoms with E-state index in [1.54, 1.807) is 6.07 Å². The summed E-state index contributed by atoms with van der Waals surface area (Å²) in [6.45, 7) is 11.3. The number of rotatable bonds is 6. The lowest BCUT2D eigenvalue weighted by Crippen LogP contribution is -2.44. The molecule has 1 aliphatic heterocycles. The molecule has 0 unspecified atom stereocenters. The quantitative estimate of drug-likeness (QED) is 0.580. The summed E-state index contributed by atoms with van der Waals surface area (Å²) in [5.41, 5.74) is 2.41. The fraction of sp³-hybridized carbons (Fsp3) is 0.520. The second-order valence-corrected chi connectivity index (χ2v) is 12.3. The van der Waals surface area contributed by atoms with Gasteiger partial charge in [-0.1, -0.05) is 70.5 Å². The zero-order chi connectivity index (χ0) is 24.4. The molecule has 1 saturated heterocycles. The molecule has 0 bridgehead atoms. The van der Waals surface area contributed by atoms with Gasteiger partial charge in [0.2, 0.25) is 15.9 Å². The molecule has 0 radical (unpaired) electrons. The zero-order valence-electron chi connectivity index (χ0n) is 20.0. The van der Waals surface area contributed by atoms with Crippen molar-refractivity contribution in [1.82, 2.24) is 14.6 Å². The maximum Gasteiger partial charge on any atom is 0.246 e. The number of pyridine rings is 1. The third kappa shape index (κ3) is 5.94. The van der Waals surface area contributed by atoms with Crippen LogP contribution in [0.25, 0.3) is 0 Å². The number of nitrogens with zero attached hydrogens (tertiary/aromatic N) is 2. The van der Waals surface area contributed by atoms with Crippen molar-refractivity contribution in [3.63, 3.8) is 0 Å². The number of piperidine rings is 1. The lowest BCUT2D eigenvalue weighted by atomic mass is 9.85. The van der Waals surface area contributed by atoms with Crippen LogP contribution in [0.3, 0.4) is 0 Å². The smallest absolute Gasteiger partial charge is 0.246 e. The molecule has 1 aromatic heterocycles. The van der Waals surface area contributed by atoms with Crippen molar-refractivity contribution in [2.75, 3.05) is 13.1 Å². The highest BCUT2D eigenvalue weighted by molar-refractivity contribution is 7.89. The van der Waals surface area contributed by atoms with Crippen molar-refractivity contribution in [2.45, 2.75) is 63.8 Å². The van der Waals surface area contributed by atoms with Crippen LogP contribution in [-0.2, 0) is 20.2 Å². The van der Waals surface area contributed by atoms with Gasteiger partial charge >= 0.3 is 0 Å². The van der Waals surface area contributed by atoms with E-state index in [2.05, 4.69) is 69.2 Å². The lowest BCUT2D eigenvalue weighted by Gasteiger charge is -2.32. The monoisotopic (exact) mass is 491 g/mol. The second kappa shape index (κ2) is 10.1. The average molecular weight is 492 g/mol. The summed E-state index contributed by atoms with van der Waals surface area (Å²) in [4.78, 5) is 17.0. The Morgan fingerprint density at radius 2 is 1.73 bits per heavy atom. The van der Waals surface area contributed by atoms with Gasteiger partial charge in [0.05, 0.1) is 6.04 Å². The topological polar surface area (TPSA) is 79.4 Å². The highest BCUT2D eigenvalue weighted by Crippen LogP contribution is 2.30. The van der Waals surface area contributed by atoms with E-state index in [-0.39, 0.29) is 52.3 Å². The van der Waals surface area contributed by atoms with Gasteiger partial charge in [-0.2, -0.15) is 4.31 Å². The molecule has 1 aromatic carbocycles. The van der Waals surface area contributed by atoms with Gasteiger partial charge in [0.25, 0.3) is 0 Å². The first-order valence-corrected chi connectivity index (χ1v) is 13.2. The fourth-order valence-electron chi connectivity index (χ4n) is 4.16. The second-order valence-electron chi connectivity index (χ2n) is 10.1. The number of carbonyl (C=O) groups is 1. The fourth-order valence-corrected chi connectivity index (χ4v) is 6.06. The first-order chi connectivity index (χ1) is 15.4. The number of carbonyl (C=O) groups excluding carboxylic acids is 1. The van der Waals surface area contributed by atoms with Crippen LogP contribution in [0.4, 0.5) is 0 Å². The summed E-state index contributed by atoms with van der Waals surface area (Å²) in [5, 5.41) is 3.18. The zero-order valence-corrected chi connectivity index (χ0v) is 21.6. The first-order valence-electron chi connectivity index (χ1n) is 11.4. The van der Waals surface area contributed by atoms with E-state index in [0.717, 1.165) is 5.56 Å². The van der Waals surface area contributed by atoms with Crippen LogP contribution in [-0.4, -0.2) is 36.7 Å². The number of nitrogens with one attached hydrogen (secondary N) is 1. The van der Waals surface area contributed by atoms with E-state index in [1.165, 1.54) is 22.1 Å². The third-order valence-corrected chi connectivity index (χ3v) is 8.61. The summed E-state index contributed by atoms with van der Waals surface area (Å²) in [7, 11) is -3.73. The number of aromatic nitrogens is 1. The summed E-state index contributed by atoms with van der Waals surface area (Å²) >= 11 is 6.01. The number of hydrogen-bond donors (Lipinski definition) is 1. The molecule has 1 N–H and O–H groups in total. The molecule has 1 fully saturated rings. The molecule has 0 spiro atoms. The Morgan fingerprint density at radius 1 is 1.12 bits per heavy atom. The van der Waals surface area contributed by atoms with Gasteiger partial charge in [0.1, 0.15) is 10.0 Å². The molecule has 0 aliphatic carbocycles. The predicted octanol–water partition coefficient (Wildman–Crippen LogP) is 4.95. The van der Waals surface area contributed by atoms with Gasteiger partial charge in [0, 0.05) is 25.2 Å². The summed E-state index contributed by atoms with van der Waals surface area (Å²) in [6, 6.07) is 11.4. The van der Waals surface area contributed by atoms with E-state index < -0.39 is 10.0 Å². The number of benzene rings is 1. The van der Waals surface area contributed by atoms with Crippen molar-refractivity contribution in [1.29, 1.82) is 0 Å². The van der Waals surface area contributed by atoms with Crippen molar-refractivity contribution in [3.05, 3.63) is 58.9 Å². The van der Waals surface area contributed by atoms with Crippen molar-refractivity contribution < 1.29 is 13.2 Å². The van der Waals surface area contributed by atoms with Crippen LogP contribution < -0.4 is 5.32 Å². The average Bonchev–Trinajstić information content (AvgIpc) is 2.77. The number of sulfonamides is 1. The molecule has 33 heavy (non-hydrogen) atoms. The van der Waals surface area contributed by atoms with E-state index >= 15 is 0 Å². The molecule has 6 nitrogen and oxygen atoms in total. The van der Waals surface area contributed by atoms with E-state index in [0.29, 0.717) is 12.8 Å². The molecule has 0 saturated carbocycles. The summed E-state index contributed by atoms with van der Waals surface area (Å²) < 4.78 is 27.3. The van der Waals surface area contributed by atoms with Gasteiger partial charge in [-0.05, 0) is 47.4 Å². The van der Waals surface area contributed by atoms with Crippen molar-refractivity contribution in [2.24, 2.45) is 11.8 Å². The van der Waals surface area contributed by atoms with Gasteiger partial charge in [-0.25, -0.2) is 13.4 Å². The van der Waals surface area contributed by atoms with E-state index in [9.17, 15) is 13.2 Å². The standard InChI is InChI=1S/C25H34ClN3O3S/c1-17(2)22(18-8-10-20(11-9-18)25(3,4)5)28-24(30)19-12-15-29(16-13-19)33(31,32)21-7-6-14-27-23(21)26/h6-11,14,17,19,22H,12-13,15-16H2,1-5H3,(H,28,30)/t22-/m1/s1. The molecule has 1 amide bonds. The molecule has 1 aliphatic rings. The van der Waals surface area contributed by atoms with Gasteiger partial charge < -0.3 is 5.32 Å². The Hall–Kier alpha value is -1.96. The number of hydrogen-bond acceptors (Lipinski definition) is 4. The minimum atomic E-state index is -3.73. The van der Waals surface area contributed by atoms with Crippen LogP contribution in [0.15, 0.2) is 47.5 Å². The maximum atomic E-state index is 13.1. The minimum Gasteiger partial charge on any atom is -0.349 e. The molecule has 3 rings (SSSR count). The Kier molecular flexibility index (Phi) is 7.87. The van der Waals surface area contributed by atoms with Crippen molar-refractivity contribution in [3.8, 4) is 0 Å². The van der Waals surface area contributed by atoms with Crippen LogP contribution in [0.5, 0.6) is 0 Å². The highest BCUT2D eigenvalue weighted by atomic mass is 35.5. The van der Waals surface area contributed by atoms with Crippen molar-refractivity contribution >= 4 is 27.5 Å². The first kappa shape index (κ1) is 25.7. The summed E-state index contributed by atoms with van der Waals surface area (Å²) in [6.07, 6.45) is 2.40.